The Morgan fingerprint density at radius 1 is 0.658 bits per heavy atom. The predicted molar refractivity (Wildman–Crippen MR) is 153 cm³/mol. The van der Waals surface area contributed by atoms with E-state index < -0.39 is 0 Å². The first-order valence-electron chi connectivity index (χ1n) is 12.9. The number of aliphatic imine (C=N–C) groups is 1. The van der Waals surface area contributed by atoms with E-state index in [4.69, 9.17) is 0 Å². The lowest BCUT2D eigenvalue weighted by molar-refractivity contribution is 0.833. The van der Waals surface area contributed by atoms with Gasteiger partial charge in [0.05, 0.1) is 28.6 Å². The van der Waals surface area contributed by atoms with E-state index in [1.54, 1.807) is 0 Å². The monoisotopic (exact) mass is 492 g/mol. The van der Waals surface area contributed by atoms with E-state index >= 15 is 0 Å². The van der Waals surface area contributed by atoms with E-state index in [9.17, 15) is 0 Å². The molecular weight excluding hydrogens is 468 g/mol. The van der Waals surface area contributed by atoms with Gasteiger partial charge in [-0.3, -0.25) is 15.0 Å². The van der Waals surface area contributed by atoms with Crippen LogP contribution in [0.25, 0.3) is 50.4 Å². The lowest BCUT2D eigenvalue weighted by atomic mass is 10.0. The third-order valence-electron chi connectivity index (χ3n) is 7.76. The molecule has 182 valence electrons. The fourth-order valence-electron chi connectivity index (χ4n) is 6.00. The molecular formula is C32H24N6. The minimum atomic E-state index is 0.865. The Hall–Kier alpha value is -4.97. The van der Waals surface area contributed by atoms with Crippen LogP contribution < -0.4 is 5.32 Å². The zero-order valence-electron chi connectivity index (χ0n) is 20.7. The summed E-state index contributed by atoms with van der Waals surface area (Å²) in [5.41, 5.74) is 12.1. The van der Waals surface area contributed by atoms with Gasteiger partial charge in [0.15, 0.2) is 0 Å². The summed E-state index contributed by atoms with van der Waals surface area (Å²) in [6, 6.07) is 21.7. The third-order valence-corrected chi connectivity index (χ3v) is 7.76. The van der Waals surface area contributed by atoms with Gasteiger partial charge in [-0.1, -0.05) is 24.3 Å². The van der Waals surface area contributed by atoms with Crippen molar-refractivity contribution >= 4 is 34.1 Å². The average Bonchev–Trinajstić information content (AvgIpc) is 3.51. The van der Waals surface area contributed by atoms with Crippen LogP contribution >= 0.6 is 0 Å². The minimum Gasteiger partial charge on any atom is -0.387 e. The van der Waals surface area contributed by atoms with Crippen molar-refractivity contribution in [1.29, 1.82) is 0 Å². The Morgan fingerprint density at radius 3 is 2.21 bits per heavy atom. The average molecular weight is 493 g/mol. The fourth-order valence-corrected chi connectivity index (χ4v) is 6.00. The van der Waals surface area contributed by atoms with Gasteiger partial charge in [-0.25, -0.2) is 0 Å². The molecule has 1 N–H and O–H groups in total. The van der Waals surface area contributed by atoms with E-state index in [0.29, 0.717) is 0 Å². The number of rotatable bonds is 3. The van der Waals surface area contributed by atoms with Crippen LogP contribution in [0.15, 0.2) is 96.6 Å². The fraction of sp³-hybridized carbons (Fsp3) is 0.0938. The Labute approximate surface area is 219 Å². The molecule has 2 aromatic carbocycles. The topological polar surface area (TPSA) is 60.0 Å². The summed E-state index contributed by atoms with van der Waals surface area (Å²) in [4.78, 5) is 13.3. The van der Waals surface area contributed by atoms with Gasteiger partial charge in [0.1, 0.15) is 0 Å². The SMILES string of the molecule is C1=Cc2c(c3c(n2-c2ccc(-c4ccc(-n5c6ccncc6c6ccncc65)cc4)cc2)C=NCC3)CN1. The van der Waals surface area contributed by atoms with E-state index in [0.717, 1.165) is 52.7 Å². The number of nitrogens with one attached hydrogen (secondary N) is 1. The highest BCUT2D eigenvalue weighted by Gasteiger charge is 2.24. The van der Waals surface area contributed by atoms with Crippen LogP contribution in [-0.2, 0) is 13.0 Å². The van der Waals surface area contributed by atoms with Gasteiger partial charge in [0.2, 0.25) is 0 Å². The van der Waals surface area contributed by atoms with Crippen LogP contribution in [0.3, 0.4) is 0 Å². The van der Waals surface area contributed by atoms with E-state index in [2.05, 4.69) is 96.2 Å². The third kappa shape index (κ3) is 3.10. The molecule has 0 aliphatic carbocycles. The first-order chi connectivity index (χ1) is 18.9. The van der Waals surface area contributed by atoms with Gasteiger partial charge in [0, 0.05) is 65.6 Å². The molecule has 6 aromatic rings. The maximum absolute atomic E-state index is 4.58. The van der Waals surface area contributed by atoms with Crippen LogP contribution in [0.5, 0.6) is 0 Å². The number of fused-ring (bicyclic) bond motifs is 6. The number of hydrogen-bond donors (Lipinski definition) is 1. The molecule has 38 heavy (non-hydrogen) atoms. The predicted octanol–water partition coefficient (Wildman–Crippen LogP) is 6.08. The Balaban J connectivity index is 1.17. The normalized spacial score (nSPS) is 14.0. The van der Waals surface area contributed by atoms with Crippen molar-refractivity contribution < 1.29 is 0 Å². The number of hydrogen-bond acceptors (Lipinski definition) is 4. The molecule has 4 aromatic heterocycles. The summed E-state index contributed by atoms with van der Waals surface area (Å²) in [5.74, 6) is 0. The maximum Gasteiger partial charge on any atom is 0.0725 e. The molecule has 2 aliphatic heterocycles. The smallest absolute Gasteiger partial charge is 0.0725 e. The summed E-state index contributed by atoms with van der Waals surface area (Å²) in [6.07, 6.45) is 14.8. The van der Waals surface area contributed by atoms with E-state index in [1.807, 2.05) is 37.2 Å². The molecule has 0 radical (unpaired) electrons. The summed E-state index contributed by atoms with van der Waals surface area (Å²) in [7, 11) is 0. The molecule has 0 unspecified atom stereocenters. The Kier molecular flexibility index (Phi) is 4.61. The van der Waals surface area contributed by atoms with Crippen molar-refractivity contribution in [2.75, 3.05) is 6.54 Å². The van der Waals surface area contributed by atoms with E-state index in [-0.39, 0.29) is 0 Å². The molecule has 0 fully saturated rings. The molecule has 0 spiro atoms. The van der Waals surface area contributed by atoms with Crippen molar-refractivity contribution in [3.05, 3.63) is 114 Å². The molecule has 6 heterocycles. The first kappa shape index (κ1) is 21.1. The zero-order valence-corrected chi connectivity index (χ0v) is 20.7. The van der Waals surface area contributed by atoms with Crippen molar-refractivity contribution in [2.24, 2.45) is 4.99 Å². The quantitative estimate of drug-likeness (QED) is 0.326. The van der Waals surface area contributed by atoms with Crippen molar-refractivity contribution in [3.63, 3.8) is 0 Å². The molecule has 0 saturated carbocycles. The number of nitrogens with zero attached hydrogens (tertiary/aromatic N) is 5. The van der Waals surface area contributed by atoms with Crippen LogP contribution in [0, 0.1) is 0 Å². The summed E-state index contributed by atoms with van der Waals surface area (Å²) < 4.78 is 4.61. The zero-order chi connectivity index (χ0) is 25.1. The van der Waals surface area contributed by atoms with Gasteiger partial charge in [-0.15, -0.1) is 0 Å². The summed E-state index contributed by atoms with van der Waals surface area (Å²) >= 11 is 0. The Bertz CT molecular complexity index is 1810. The lowest BCUT2D eigenvalue weighted by Gasteiger charge is -2.14. The molecule has 6 heteroatoms. The molecule has 0 atom stereocenters. The second-order valence-electron chi connectivity index (χ2n) is 9.78. The Morgan fingerprint density at radius 2 is 1.39 bits per heavy atom. The van der Waals surface area contributed by atoms with Crippen molar-refractivity contribution in [3.8, 4) is 22.5 Å². The molecule has 8 rings (SSSR count). The van der Waals surface area contributed by atoms with Crippen LogP contribution in [0.4, 0.5) is 0 Å². The molecule has 2 aliphatic rings. The summed E-state index contributed by atoms with van der Waals surface area (Å²) in [6.45, 7) is 1.74. The maximum atomic E-state index is 4.58. The molecule has 0 amide bonds. The second kappa shape index (κ2) is 8.28. The van der Waals surface area contributed by atoms with Gasteiger partial charge < -0.3 is 14.5 Å². The van der Waals surface area contributed by atoms with Crippen LogP contribution in [0.2, 0.25) is 0 Å². The second-order valence-corrected chi connectivity index (χ2v) is 9.78. The highest BCUT2D eigenvalue weighted by atomic mass is 15.0. The van der Waals surface area contributed by atoms with Crippen molar-refractivity contribution in [2.45, 2.75) is 13.0 Å². The van der Waals surface area contributed by atoms with Crippen molar-refractivity contribution in [1.82, 2.24) is 24.4 Å². The first-order valence-corrected chi connectivity index (χ1v) is 12.9. The van der Waals surface area contributed by atoms with Crippen LogP contribution in [-0.4, -0.2) is 31.9 Å². The highest BCUT2D eigenvalue weighted by molar-refractivity contribution is 6.08. The number of benzene rings is 2. The standard InChI is InChI=1S/C32H24N6/c1-5-23(37-29-11-15-33-17-27(29)25-9-13-35-19-31(25)37)6-2-21(1)22-3-7-24(8-4-22)38-30-12-16-34-18-28(30)26-10-14-36-20-32(26)38/h1-9,11-13,15-17,19-20,34H,10,14,18H2. The number of aromatic nitrogens is 4. The van der Waals surface area contributed by atoms with E-state index in [1.165, 1.54) is 33.6 Å². The largest absolute Gasteiger partial charge is 0.387 e. The van der Waals surface area contributed by atoms with Gasteiger partial charge in [0.25, 0.3) is 0 Å². The minimum absolute atomic E-state index is 0.865. The lowest BCUT2D eigenvalue weighted by Crippen LogP contribution is -2.12. The van der Waals surface area contributed by atoms with Gasteiger partial charge in [-0.05, 0) is 71.8 Å². The number of pyridine rings is 2. The summed E-state index contributed by atoms with van der Waals surface area (Å²) in [5, 5.41) is 5.67. The molecule has 0 bridgehead atoms. The highest BCUT2D eigenvalue weighted by Crippen LogP contribution is 2.33. The molecule has 0 saturated heterocycles. The van der Waals surface area contributed by atoms with Gasteiger partial charge in [-0.2, -0.15) is 0 Å². The van der Waals surface area contributed by atoms with Gasteiger partial charge >= 0.3 is 0 Å². The van der Waals surface area contributed by atoms with Crippen LogP contribution in [0.1, 0.15) is 22.5 Å². The molecule has 6 nitrogen and oxygen atoms in total.